The van der Waals surface area contributed by atoms with Crippen LogP contribution in [0, 0.1) is 23.2 Å². The Labute approximate surface area is 352 Å². The van der Waals surface area contributed by atoms with Gasteiger partial charge in [-0.1, -0.05) is 143 Å². The molecule has 8 rings (SSSR count). The average Bonchev–Trinajstić information content (AvgIpc) is 3.48. The molecule has 0 unspecified atom stereocenters. The Balaban J connectivity index is 1.26. The number of aliphatic hydroxyl groups excluding tert-OH is 1. The molecule has 0 spiro atoms. The molecule has 0 aliphatic heterocycles. The van der Waals surface area contributed by atoms with Crippen LogP contribution in [-0.2, 0) is 17.7 Å². The molecule has 4 aromatic carbocycles. The quantitative estimate of drug-likeness (QED) is 0.130. The fraction of sp³-hybridized carbons (Fsp3) is 0.472. The highest BCUT2D eigenvalue weighted by atomic mass is 16.6. The van der Waals surface area contributed by atoms with Crippen LogP contribution in [0.2, 0.25) is 0 Å². The molecule has 7 atom stereocenters. The van der Waals surface area contributed by atoms with Gasteiger partial charge in [0.05, 0.1) is 18.2 Å². The molecule has 59 heavy (non-hydrogen) atoms. The van der Waals surface area contributed by atoms with Crippen LogP contribution in [0.15, 0.2) is 115 Å². The second kappa shape index (κ2) is 18.4. The molecule has 2 bridgehead atoms. The van der Waals surface area contributed by atoms with Gasteiger partial charge in [0, 0.05) is 23.1 Å². The third kappa shape index (κ3) is 9.60. The second-order valence-electron chi connectivity index (χ2n) is 18.8. The third-order valence-corrected chi connectivity index (χ3v) is 14.3. The van der Waals surface area contributed by atoms with E-state index in [0.29, 0.717) is 67.5 Å². The predicted molar refractivity (Wildman–Crippen MR) is 237 cm³/mol. The van der Waals surface area contributed by atoms with Crippen molar-refractivity contribution in [3.05, 3.63) is 143 Å². The zero-order valence-corrected chi connectivity index (χ0v) is 35.9. The summed E-state index contributed by atoms with van der Waals surface area (Å²) >= 11 is 0. The van der Waals surface area contributed by atoms with Gasteiger partial charge in [0.15, 0.2) is 5.78 Å². The lowest BCUT2D eigenvalue weighted by molar-refractivity contribution is -0.0876. The first-order chi connectivity index (χ1) is 28.3. The molecule has 4 aromatic rings. The van der Waals surface area contributed by atoms with Gasteiger partial charge in [0.25, 0.3) is 0 Å². The van der Waals surface area contributed by atoms with Crippen molar-refractivity contribution in [2.24, 2.45) is 23.2 Å². The van der Waals surface area contributed by atoms with E-state index in [1.54, 1.807) is 4.90 Å². The van der Waals surface area contributed by atoms with Crippen molar-refractivity contribution in [2.45, 2.75) is 129 Å². The van der Waals surface area contributed by atoms with Crippen molar-refractivity contribution in [2.75, 3.05) is 6.54 Å². The van der Waals surface area contributed by atoms with Crippen molar-refractivity contribution >= 4 is 11.9 Å². The fourth-order valence-corrected chi connectivity index (χ4v) is 10.6. The SMILES string of the molecule is CC1=CCC[C@@]2(C)[C@@H](CC[C@@]2(O)CN(Cc2ccccc2)C(=O)O[C@H]2C[C@@H](C)CC[C@@H]2C(C)C)c2ccc(cc2C(=O)c2ccc(-c3ccccc3)cc2)C[C@@H](O)CC1. The van der Waals surface area contributed by atoms with E-state index in [1.807, 2.05) is 78.9 Å². The molecule has 2 N–H and O–H groups in total. The molecule has 0 aromatic heterocycles. The van der Waals surface area contributed by atoms with E-state index in [2.05, 4.69) is 65.0 Å². The van der Waals surface area contributed by atoms with Crippen LogP contribution in [0.1, 0.15) is 131 Å². The summed E-state index contributed by atoms with van der Waals surface area (Å²) in [6, 6.07) is 34.1. The molecule has 6 heteroatoms. The molecule has 4 aliphatic carbocycles. The number of hydrogen-bond acceptors (Lipinski definition) is 5. The van der Waals surface area contributed by atoms with Gasteiger partial charge in [-0.3, -0.25) is 4.79 Å². The lowest BCUT2D eigenvalue weighted by Gasteiger charge is -2.46. The number of hydrogen-bond donors (Lipinski definition) is 2. The van der Waals surface area contributed by atoms with E-state index in [4.69, 9.17) is 4.74 Å². The fourth-order valence-electron chi connectivity index (χ4n) is 10.6. The number of rotatable bonds is 9. The number of aliphatic hydroxyl groups is 2. The minimum atomic E-state index is -1.27. The van der Waals surface area contributed by atoms with Gasteiger partial charge in [-0.15, -0.1) is 0 Å². The predicted octanol–water partition coefficient (Wildman–Crippen LogP) is 11.7. The monoisotopic (exact) mass is 795 g/mol. The van der Waals surface area contributed by atoms with Crippen molar-refractivity contribution in [1.82, 2.24) is 4.90 Å². The van der Waals surface area contributed by atoms with Gasteiger partial charge >= 0.3 is 6.09 Å². The molecule has 312 valence electrons. The topological polar surface area (TPSA) is 87.1 Å². The zero-order valence-electron chi connectivity index (χ0n) is 35.9. The van der Waals surface area contributed by atoms with Gasteiger partial charge in [-0.25, -0.2) is 4.79 Å². The van der Waals surface area contributed by atoms with Crippen LogP contribution in [0.25, 0.3) is 11.1 Å². The maximum absolute atomic E-state index is 14.8. The summed E-state index contributed by atoms with van der Waals surface area (Å²) in [5, 5.41) is 24.4. The van der Waals surface area contributed by atoms with Crippen molar-refractivity contribution in [1.29, 1.82) is 0 Å². The van der Waals surface area contributed by atoms with Gasteiger partial charge in [-0.05, 0) is 122 Å². The van der Waals surface area contributed by atoms with Crippen LogP contribution in [-0.4, -0.2) is 51.3 Å². The van der Waals surface area contributed by atoms with E-state index >= 15 is 0 Å². The van der Waals surface area contributed by atoms with Crippen molar-refractivity contribution < 1.29 is 24.5 Å². The summed E-state index contributed by atoms with van der Waals surface area (Å²) in [4.78, 5) is 31.1. The summed E-state index contributed by atoms with van der Waals surface area (Å²) in [5.41, 5.74) is 5.45. The number of carbonyl (C=O) groups is 2. The summed E-state index contributed by atoms with van der Waals surface area (Å²) in [6.45, 7) is 11.5. The molecular weight excluding hydrogens is 731 g/mol. The molecule has 2 saturated carbocycles. The highest BCUT2D eigenvalue weighted by Crippen LogP contribution is 2.59. The molecule has 6 nitrogen and oxygen atoms in total. The normalized spacial score (nSPS) is 27.4. The molecule has 2 fully saturated rings. The van der Waals surface area contributed by atoms with Crippen molar-refractivity contribution in [3.8, 4) is 11.1 Å². The Hall–Kier alpha value is -4.52. The van der Waals surface area contributed by atoms with Crippen molar-refractivity contribution in [3.63, 3.8) is 0 Å². The zero-order chi connectivity index (χ0) is 41.7. The van der Waals surface area contributed by atoms with Gasteiger partial charge in [-0.2, -0.15) is 0 Å². The second-order valence-corrected chi connectivity index (χ2v) is 18.8. The molecule has 4 aliphatic rings. The Bertz CT molecular complexity index is 2080. The van der Waals surface area contributed by atoms with Gasteiger partial charge in [0.1, 0.15) is 6.10 Å². The smallest absolute Gasteiger partial charge is 0.410 e. The van der Waals surface area contributed by atoms with E-state index in [1.165, 1.54) is 5.57 Å². The van der Waals surface area contributed by atoms with E-state index in [-0.39, 0.29) is 30.4 Å². The Morgan fingerprint density at radius 3 is 2.27 bits per heavy atom. The first kappa shape index (κ1) is 42.6. The maximum Gasteiger partial charge on any atom is 0.410 e. The van der Waals surface area contributed by atoms with Gasteiger partial charge in [0.2, 0.25) is 0 Å². The lowest BCUT2D eigenvalue weighted by atomic mass is 9.64. The Morgan fingerprint density at radius 1 is 0.864 bits per heavy atom. The molecule has 0 saturated heterocycles. The number of allylic oxidation sites excluding steroid dienone is 2. The summed E-state index contributed by atoms with van der Waals surface area (Å²) in [6.07, 6.45) is 8.64. The molecule has 0 radical (unpaired) electrons. The highest BCUT2D eigenvalue weighted by molar-refractivity contribution is 6.10. The summed E-state index contributed by atoms with van der Waals surface area (Å²) in [7, 11) is 0. The number of amides is 1. The van der Waals surface area contributed by atoms with E-state index < -0.39 is 17.1 Å². The Morgan fingerprint density at radius 2 is 1.56 bits per heavy atom. The number of fused-ring (bicyclic) bond motifs is 8. The molecule has 1 amide bonds. The number of benzene rings is 4. The van der Waals surface area contributed by atoms with E-state index in [0.717, 1.165) is 59.9 Å². The number of ether oxygens (including phenoxy) is 1. The highest BCUT2D eigenvalue weighted by Gasteiger charge is 2.58. The number of ketones is 1. The van der Waals surface area contributed by atoms with Crippen LogP contribution in [0.5, 0.6) is 0 Å². The average molecular weight is 796 g/mol. The first-order valence-corrected chi connectivity index (χ1v) is 22.2. The van der Waals surface area contributed by atoms with Crippen LogP contribution < -0.4 is 0 Å². The maximum atomic E-state index is 14.8. The standard InChI is InChI=1S/C53H65NO5/c1-36(2)45-26-19-38(4)31-49(45)59-51(57)54(34-39-14-8-6-9-15-39)35-53(58)30-28-48-46-27-20-40(32-44(55)25-18-37(3)13-12-29-52(48,53)5)33-47(46)50(56)43-23-21-42(22-24-43)41-16-10-7-11-17-41/h6-11,13-17,20-24,27,33,36,38,44-45,48-49,55,58H,12,18-19,25-26,28-32,34-35H2,1-5H3/t38-,44-,45+,48-,49-,52-,53+/m0/s1. The largest absolute Gasteiger partial charge is 0.446 e. The lowest BCUT2D eigenvalue weighted by Crippen LogP contribution is -2.54. The van der Waals surface area contributed by atoms with E-state index in [9.17, 15) is 19.8 Å². The molecular formula is C53H65NO5. The van der Waals surface area contributed by atoms with Crippen LogP contribution in [0.4, 0.5) is 4.79 Å². The van der Waals surface area contributed by atoms with Gasteiger partial charge < -0.3 is 19.8 Å². The third-order valence-electron chi connectivity index (χ3n) is 14.3. The minimum Gasteiger partial charge on any atom is -0.446 e. The minimum absolute atomic E-state index is 0.0627. The number of nitrogens with zero attached hydrogens (tertiary/aromatic N) is 1. The number of carbonyl (C=O) groups excluding carboxylic acids is 2. The first-order valence-electron chi connectivity index (χ1n) is 22.2. The summed E-state index contributed by atoms with van der Waals surface area (Å²) in [5.74, 6) is 0.959. The summed E-state index contributed by atoms with van der Waals surface area (Å²) < 4.78 is 6.51. The molecule has 0 heterocycles. The van der Waals surface area contributed by atoms with Crippen LogP contribution in [0.3, 0.4) is 0 Å². The van der Waals surface area contributed by atoms with Crippen LogP contribution >= 0.6 is 0 Å². The Kier molecular flexibility index (Phi) is 13.3.